The molecule has 1 aliphatic heterocycles. The number of hydrogen-bond acceptors (Lipinski definition) is 3. The van der Waals surface area contributed by atoms with E-state index in [0.717, 1.165) is 38.0 Å². The van der Waals surface area contributed by atoms with Crippen LogP contribution in [0.25, 0.3) is 11.0 Å². The van der Waals surface area contributed by atoms with Gasteiger partial charge in [0.05, 0.1) is 17.4 Å². The molecule has 0 spiro atoms. The average Bonchev–Trinajstić information content (AvgIpc) is 3.10. The smallest absolute Gasteiger partial charge is 0.222 e. The molecule has 0 aliphatic carbocycles. The van der Waals surface area contributed by atoms with E-state index in [0.29, 0.717) is 12.3 Å². The second-order valence-electron chi connectivity index (χ2n) is 7.09. The highest BCUT2D eigenvalue weighted by molar-refractivity contribution is 5.76. The fourth-order valence-corrected chi connectivity index (χ4v) is 3.83. The Morgan fingerprint density at radius 1 is 1.15 bits per heavy atom. The number of rotatable bonds is 5. The molecule has 0 radical (unpaired) electrons. The summed E-state index contributed by atoms with van der Waals surface area (Å²) >= 11 is 0. The van der Waals surface area contributed by atoms with Crippen LogP contribution < -0.4 is 0 Å². The Balaban J connectivity index is 1.35. The molecular formula is C21H24N4O. The summed E-state index contributed by atoms with van der Waals surface area (Å²) in [5.41, 5.74) is 3.38. The van der Waals surface area contributed by atoms with Gasteiger partial charge in [0.1, 0.15) is 0 Å². The lowest BCUT2D eigenvalue weighted by molar-refractivity contribution is -0.133. The number of para-hydroxylation sites is 2. The lowest BCUT2D eigenvalue weighted by Crippen LogP contribution is -2.41. The van der Waals surface area contributed by atoms with Crippen LogP contribution in [0.15, 0.2) is 55.1 Å². The zero-order valence-corrected chi connectivity index (χ0v) is 14.9. The highest BCUT2D eigenvalue weighted by Gasteiger charge is 2.24. The van der Waals surface area contributed by atoms with Gasteiger partial charge in [0.25, 0.3) is 0 Å². The molecule has 1 fully saturated rings. The SMILES string of the molecule is O=C(CCc1ccncc1)N1CCCC(Cn2cnc3ccccc32)C1. The van der Waals surface area contributed by atoms with Crippen LogP contribution in [0, 0.1) is 5.92 Å². The number of pyridine rings is 1. The Morgan fingerprint density at radius 2 is 2.00 bits per heavy atom. The summed E-state index contributed by atoms with van der Waals surface area (Å²) in [5.74, 6) is 0.758. The van der Waals surface area contributed by atoms with Gasteiger partial charge >= 0.3 is 0 Å². The number of carbonyl (C=O) groups is 1. The molecule has 1 atom stereocenters. The minimum absolute atomic E-state index is 0.266. The van der Waals surface area contributed by atoms with Crippen molar-refractivity contribution >= 4 is 16.9 Å². The zero-order valence-electron chi connectivity index (χ0n) is 14.9. The quantitative estimate of drug-likeness (QED) is 0.711. The third-order valence-corrected chi connectivity index (χ3v) is 5.23. The molecule has 0 bridgehead atoms. The van der Waals surface area contributed by atoms with E-state index in [1.807, 2.05) is 30.6 Å². The van der Waals surface area contributed by atoms with Gasteiger partial charge in [0, 0.05) is 38.4 Å². The number of fused-ring (bicyclic) bond motifs is 1. The van der Waals surface area contributed by atoms with Gasteiger partial charge in [-0.1, -0.05) is 12.1 Å². The molecular weight excluding hydrogens is 324 g/mol. The van der Waals surface area contributed by atoms with Gasteiger partial charge in [-0.2, -0.15) is 0 Å². The van der Waals surface area contributed by atoms with Gasteiger partial charge in [0.2, 0.25) is 5.91 Å². The van der Waals surface area contributed by atoms with Crippen molar-refractivity contribution in [2.24, 2.45) is 5.92 Å². The average molecular weight is 348 g/mol. The lowest BCUT2D eigenvalue weighted by Gasteiger charge is -2.33. The molecule has 1 unspecified atom stereocenters. The molecule has 1 aliphatic rings. The van der Waals surface area contributed by atoms with Crippen LogP contribution >= 0.6 is 0 Å². The van der Waals surface area contributed by atoms with Crippen molar-refractivity contribution in [3.8, 4) is 0 Å². The second-order valence-corrected chi connectivity index (χ2v) is 7.09. The van der Waals surface area contributed by atoms with E-state index in [1.165, 1.54) is 17.5 Å². The molecule has 0 saturated carbocycles. The number of imidazole rings is 1. The minimum Gasteiger partial charge on any atom is -0.342 e. The summed E-state index contributed by atoms with van der Waals surface area (Å²) < 4.78 is 2.23. The fraction of sp³-hybridized carbons (Fsp3) is 0.381. The van der Waals surface area contributed by atoms with Crippen LogP contribution in [0.2, 0.25) is 0 Å². The Morgan fingerprint density at radius 3 is 2.88 bits per heavy atom. The molecule has 3 heterocycles. The normalized spacial score (nSPS) is 17.5. The van der Waals surface area contributed by atoms with Crippen molar-refractivity contribution in [1.82, 2.24) is 19.4 Å². The van der Waals surface area contributed by atoms with Gasteiger partial charge in [-0.25, -0.2) is 4.98 Å². The van der Waals surface area contributed by atoms with Crippen LogP contribution in [-0.4, -0.2) is 38.4 Å². The first-order valence-corrected chi connectivity index (χ1v) is 9.36. The van der Waals surface area contributed by atoms with Gasteiger partial charge in [-0.15, -0.1) is 0 Å². The van der Waals surface area contributed by atoms with Crippen molar-refractivity contribution in [2.45, 2.75) is 32.2 Å². The van der Waals surface area contributed by atoms with Gasteiger partial charge in [-0.05, 0) is 55.0 Å². The fourth-order valence-electron chi connectivity index (χ4n) is 3.83. The highest BCUT2D eigenvalue weighted by Crippen LogP contribution is 2.22. The summed E-state index contributed by atoms with van der Waals surface area (Å²) in [5, 5.41) is 0. The molecule has 1 aromatic carbocycles. The third kappa shape index (κ3) is 3.77. The predicted molar refractivity (Wildman–Crippen MR) is 102 cm³/mol. The first-order chi connectivity index (χ1) is 12.8. The molecule has 26 heavy (non-hydrogen) atoms. The van der Waals surface area contributed by atoms with Crippen LogP contribution in [0.3, 0.4) is 0 Å². The number of piperidine rings is 1. The molecule has 2 aromatic heterocycles. The maximum Gasteiger partial charge on any atom is 0.222 e. The largest absolute Gasteiger partial charge is 0.342 e. The van der Waals surface area contributed by atoms with Crippen molar-refractivity contribution in [2.75, 3.05) is 13.1 Å². The summed E-state index contributed by atoms with van der Waals surface area (Å²) in [6, 6.07) is 12.2. The number of aromatic nitrogens is 3. The second kappa shape index (κ2) is 7.68. The Labute approximate surface area is 153 Å². The first kappa shape index (κ1) is 16.8. The van der Waals surface area contributed by atoms with E-state index >= 15 is 0 Å². The standard InChI is InChI=1S/C21H24N4O/c26-21(8-7-17-9-11-22-12-10-17)24-13-3-4-18(14-24)15-25-16-23-19-5-1-2-6-20(19)25/h1-2,5-6,9-12,16,18H,3-4,7-8,13-15H2. The van der Waals surface area contributed by atoms with E-state index in [4.69, 9.17) is 0 Å². The van der Waals surface area contributed by atoms with E-state index in [1.54, 1.807) is 12.4 Å². The number of aryl methyl sites for hydroxylation is 1. The highest BCUT2D eigenvalue weighted by atomic mass is 16.2. The number of amides is 1. The summed E-state index contributed by atoms with van der Waals surface area (Å²) in [6.45, 7) is 2.66. The minimum atomic E-state index is 0.266. The number of likely N-dealkylation sites (tertiary alicyclic amines) is 1. The van der Waals surface area contributed by atoms with Gasteiger partial charge in [0.15, 0.2) is 0 Å². The van der Waals surface area contributed by atoms with E-state index in [2.05, 4.69) is 31.6 Å². The first-order valence-electron chi connectivity index (χ1n) is 9.36. The summed E-state index contributed by atoms with van der Waals surface area (Å²) in [4.78, 5) is 23.2. The number of carbonyl (C=O) groups excluding carboxylic acids is 1. The molecule has 134 valence electrons. The topological polar surface area (TPSA) is 51.0 Å². The maximum atomic E-state index is 12.6. The lowest BCUT2D eigenvalue weighted by atomic mass is 9.97. The summed E-state index contributed by atoms with van der Waals surface area (Å²) in [6.07, 6.45) is 9.10. The van der Waals surface area contributed by atoms with Gasteiger partial charge < -0.3 is 9.47 Å². The van der Waals surface area contributed by atoms with Crippen LogP contribution in [0.5, 0.6) is 0 Å². The molecule has 1 amide bonds. The molecule has 3 aromatic rings. The van der Waals surface area contributed by atoms with E-state index < -0.39 is 0 Å². The molecule has 0 N–H and O–H groups in total. The number of benzene rings is 1. The third-order valence-electron chi connectivity index (χ3n) is 5.23. The van der Waals surface area contributed by atoms with E-state index in [-0.39, 0.29) is 5.91 Å². The Bertz CT molecular complexity index is 874. The Hall–Kier alpha value is -2.69. The molecule has 4 rings (SSSR count). The van der Waals surface area contributed by atoms with Crippen molar-refractivity contribution < 1.29 is 4.79 Å². The van der Waals surface area contributed by atoms with Crippen LogP contribution in [0.4, 0.5) is 0 Å². The van der Waals surface area contributed by atoms with E-state index in [9.17, 15) is 4.79 Å². The summed E-state index contributed by atoms with van der Waals surface area (Å²) in [7, 11) is 0. The van der Waals surface area contributed by atoms with Crippen molar-refractivity contribution in [3.63, 3.8) is 0 Å². The molecule has 5 heteroatoms. The number of nitrogens with zero attached hydrogens (tertiary/aromatic N) is 4. The number of hydrogen-bond donors (Lipinski definition) is 0. The molecule has 1 saturated heterocycles. The van der Waals surface area contributed by atoms with Crippen molar-refractivity contribution in [3.05, 3.63) is 60.7 Å². The maximum absolute atomic E-state index is 12.6. The van der Waals surface area contributed by atoms with Crippen LogP contribution in [0.1, 0.15) is 24.8 Å². The van der Waals surface area contributed by atoms with Crippen molar-refractivity contribution in [1.29, 1.82) is 0 Å². The monoisotopic (exact) mass is 348 g/mol. The Kier molecular flexibility index (Phi) is 4.95. The zero-order chi connectivity index (χ0) is 17.8. The predicted octanol–water partition coefficient (Wildman–Crippen LogP) is 3.30. The van der Waals surface area contributed by atoms with Crippen LogP contribution in [-0.2, 0) is 17.8 Å². The van der Waals surface area contributed by atoms with Gasteiger partial charge in [-0.3, -0.25) is 9.78 Å². The molecule has 5 nitrogen and oxygen atoms in total.